The van der Waals surface area contributed by atoms with Crippen molar-refractivity contribution in [2.75, 3.05) is 11.4 Å². The van der Waals surface area contributed by atoms with Gasteiger partial charge < -0.3 is 4.74 Å². The van der Waals surface area contributed by atoms with Crippen molar-refractivity contribution in [3.63, 3.8) is 0 Å². The van der Waals surface area contributed by atoms with Crippen LogP contribution in [0.1, 0.15) is 27.7 Å². The maximum absolute atomic E-state index is 13.9. The summed E-state index contributed by atoms with van der Waals surface area (Å²) in [7, 11) is 0. The van der Waals surface area contributed by atoms with Crippen LogP contribution < -0.4 is 10.5 Å². The lowest BCUT2D eigenvalue weighted by molar-refractivity contribution is 0.0579. The summed E-state index contributed by atoms with van der Waals surface area (Å²) in [5.41, 5.74) is -1.41. The molecular weight excluding hydrogens is 416 g/mol. The summed E-state index contributed by atoms with van der Waals surface area (Å²) < 4.78 is 34.2. The van der Waals surface area contributed by atoms with E-state index in [0.717, 1.165) is 21.6 Å². The summed E-state index contributed by atoms with van der Waals surface area (Å²) >= 11 is 6.22. The molecule has 0 spiro atoms. The third-order valence-corrected chi connectivity index (χ3v) is 4.41. The lowest BCUT2D eigenvalue weighted by atomic mass is 10.2. The Morgan fingerprint density at radius 1 is 1.20 bits per heavy atom. The second kappa shape index (κ2) is 8.02. The Balaban J connectivity index is 2.37. The fourth-order valence-corrected chi connectivity index (χ4v) is 3.13. The standard InChI is InChI=1S/C21H20ClF2N3O3/c1-5-26(20(29)30-21(2,3)4)19-25-17-15(7-6-8-16(17)22)18(28)27(19)14-10-12(23)9-13(24)11-14/h6-11H,5H2,1-4H3. The number of ether oxygens (including phenoxy) is 1. The summed E-state index contributed by atoms with van der Waals surface area (Å²) in [6.45, 7) is 6.81. The van der Waals surface area contributed by atoms with E-state index < -0.39 is 28.9 Å². The van der Waals surface area contributed by atoms with Gasteiger partial charge in [0, 0.05) is 12.6 Å². The molecule has 0 saturated carbocycles. The van der Waals surface area contributed by atoms with E-state index in [1.807, 2.05) is 0 Å². The molecule has 0 unspecified atom stereocenters. The molecule has 9 heteroatoms. The maximum Gasteiger partial charge on any atom is 0.417 e. The number of amides is 1. The molecule has 0 N–H and O–H groups in total. The van der Waals surface area contributed by atoms with Crippen LogP contribution in [0.5, 0.6) is 0 Å². The number of carbonyl (C=O) groups is 1. The van der Waals surface area contributed by atoms with Gasteiger partial charge in [0.15, 0.2) is 0 Å². The maximum atomic E-state index is 13.9. The van der Waals surface area contributed by atoms with E-state index in [4.69, 9.17) is 16.3 Å². The molecule has 6 nitrogen and oxygen atoms in total. The van der Waals surface area contributed by atoms with Gasteiger partial charge in [0.2, 0.25) is 5.95 Å². The molecule has 1 amide bonds. The molecule has 0 radical (unpaired) electrons. The molecule has 2 aromatic carbocycles. The zero-order chi connectivity index (χ0) is 22.2. The Kier molecular flexibility index (Phi) is 5.81. The van der Waals surface area contributed by atoms with Crippen LogP contribution in [-0.2, 0) is 4.74 Å². The zero-order valence-corrected chi connectivity index (χ0v) is 17.6. The minimum absolute atomic E-state index is 0.0785. The molecule has 0 saturated heterocycles. The fraction of sp³-hybridized carbons (Fsp3) is 0.286. The van der Waals surface area contributed by atoms with Crippen LogP contribution in [0.15, 0.2) is 41.2 Å². The van der Waals surface area contributed by atoms with Crippen molar-refractivity contribution in [1.82, 2.24) is 9.55 Å². The quantitative estimate of drug-likeness (QED) is 0.575. The Bertz CT molecular complexity index is 1170. The first-order chi connectivity index (χ1) is 14.0. The number of hydrogen-bond acceptors (Lipinski definition) is 4. The number of anilines is 1. The number of halogens is 3. The van der Waals surface area contributed by atoms with E-state index in [2.05, 4.69) is 4.98 Å². The first-order valence-electron chi connectivity index (χ1n) is 9.20. The van der Waals surface area contributed by atoms with Crippen molar-refractivity contribution in [3.05, 3.63) is 63.4 Å². The van der Waals surface area contributed by atoms with Gasteiger partial charge in [0.05, 0.1) is 21.6 Å². The van der Waals surface area contributed by atoms with Crippen LogP contribution >= 0.6 is 11.6 Å². The lowest BCUT2D eigenvalue weighted by Crippen LogP contribution is -2.40. The topological polar surface area (TPSA) is 64.4 Å². The molecule has 0 aliphatic heterocycles. The summed E-state index contributed by atoms with van der Waals surface area (Å²) in [5, 5.41) is 0.333. The lowest BCUT2D eigenvalue weighted by Gasteiger charge is -2.27. The van der Waals surface area contributed by atoms with Gasteiger partial charge in [0.25, 0.3) is 5.56 Å². The van der Waals surface area contributed by atoms with Crippen molar-refractivity contribution in [2.24, 2.45) is 0 Å². The zero-order valence-electron chi connectivity index (χ0n) is 16.9. The number of fused-ring (bicyclic) bond motifs is 1. The van der Waals surface area contributed by atoms with Crippen LogP contribution in [0, 0.1) is 11.6 Å². The monoisotopic (exact) mass is 435 g/mol. The summed E-state index contributed by atoms with van der Waals surface area (Å²) in [5.74, 6) is -1.92. The smallest absolute Gasteiger partial charge is 0.417 e. The number of carbonyl (C=O) groups excluding carboxylic acids is 1. The van der Waals surface area contributed by atoms with Crippen LogP contribution in [-0.4, -0.2) is 27.8 Å². The highest BCUT2D eigenvalue weighted by atomic mass is 35.5. The van der Waals surface area contributed by atoms with Crippen molar-refractivity contribution in [2.45, 2.75) is 33.3 Å². The van der Waals surface area contributed by atoms with Gasteiger partial charge in [-0.15, -0.1) is 0 Å². The highest BCUT2D eigenvalue weighted by Crippen LogP contribution is 2.26. The number of para-hydroxylation sites is 1. The predicted molar refractivity (Wildman–Crippen MR) is 112 cm³/mol. The largest absolute Gasteiger partial charge is 0.443 e. The molecule has 158 valence electrons. The van der Waals surface area contributed by atoms with Gasteiger partial charge >= 0.3 is 6.09 Å². The first-order valence-corrected chi connectivity index (χ1v) is 9.58. The second-order valence-corrected chi connectivity index (χ2v) is 7.95. The van der Waals surface area contributed by atoms with Crippen LogP contribution in [0.3, 0.4) is 0 Å². The SMILES string of the molecule is CCN(C(=O)OC(C)(C)C)c1nc2c(Cl)cccc2c(=O)n1-c1cc(F)cc(F)c1. The average Bonchev–Trinajstić information content (AvgIpc) is 2.61. The van der Waals surface area contributed by atoms with E-state index in [1.54, 1.807) is 39.8 Å². The van der Waals surface area contributed by atoms with Crippen molar-refractivity contribution in [1.29, 1.82) is 0 Å². The van der Waals surface area contributed by atoms with Crippen LogP contribution in [0.25, 0.3) is 16.6 Å². The molecule has 0 aliphatic rings. The molecule has 30 heavy (non-hydrogen) atoms. The minimum Gasteiger partial charge on any atom is -0.443 e. The fourth-order valence-electron chi connectivity index (χ4n) is 2.91. The molecule has 0 atom stereocenters. The van der Waals surface area contributed by atoms with Gasteiger partial charge in [-0.1, -0.05) is 17.7 Å². The Morgan fingerprint density at radius 3 is 2.40 bits per heavy atom. The summed E-state index contributed by atoms with van der Waals surface area (Å²) in [4.78, 5) is 31.6. The Morgan fingerprint density at radius 2 is 1.83 bits per heavy atom. The Labute approximate surface area is 176 Å². The summed E-state index contributed by atoms with van der Waals surface area (Å²) in [6.07, 6.45) is -0.770. The Hall–Kier alpha value is -3.00. The first kappa shape index (κ1) is 21.7. The molecule has 1 heterocycles. The van der Waals surface area contributed by atoms with E-state index in [-0.39, 0.29) is 34.1 Å². The van der Waals surface area contributed by atoms with Crippen molar-refractivity contribution in [3.8, 4) is 5.69 Å². The minimum atomic E-state index is -0.880. The third-order valence-electron chi connectivity index (χ3n) is 4.11. The van der Waals surface area contributed by atoms with Crippen LogP contribution in [0.4, 0.5) is 19.5 Å². The molecule has 1 aromatic heterocycles. The van der Waals surface area contributed by atoms with Crippen molar-refractivity contribution >= 4 is 34.5 Å². The van der Waals surface area contributed by atoms with E-state index in [9.17, 15) is 18.4 Å². The second-order valence-electron chi connectivity index (χ2n) is 7.54. The number of aromatic nitrogens is 2. The number of rotatable bonds is 3. The van der Waals surface area contributed by atoms with Crippen molar-refractivity contribution < 1.29 is 18.3 Å². The predicted octanol–water partition coefficient (Wildman–Crippen LogP) is 5.08. The average molecular weight is 436 g/mol. The molecular formula is C21H20ClF2N3O3. The van der Waals surface area contributed by atoms with Gasteiger partial charge in [-0.2, -0.15) is 0 Å². The molecule has 3 aromatic rings. The molecule has 3 rings (SSSR count). The van der Waals surface area contributed by atoms with E-state index >= 15 is 0 Å². The van der Waals surface area contributed by atoms with Crippen LogP contribution in [0.2, 0.25) is 5.02 Å². The van der Waals surface area contributed by atoms with Gasteiger partial charge in [-0.05, 0) is 52.0 Å². The van der Waals surface area contributed by atoms with E-state index in [1.165, 1.54) is 6.07 Å². The number of hydrogen-bond donors (Lipinski definition) is 0. The molecule has 0 fully saturated rings. The third kappa shape index (κ3) is 4.28. The number of nitrogens with zero attached hydrogens (tertiary/aromatic N) is 3. The normalized spacial score (nSPS) is 11.6. The highest BCUT2D eigenvalue weighted by molar-refractivity contribution is 6.35. The van der Waals surface area contributed by atoms with Gasteiger partial charge in [0.1, 0.15) is 17.2 Å². The van der Waals surface area contributed by atoms with Gasteiger partial charge in [-0.25, -0.2) is 28.0 Å². The number of benzene rings is 2. The molecule has 0 bridgehead atoms. The highest BCUT2D eigenvalue weighted by Gasteiger charge is 2.27. The molecule has 0 aliphatic carbocycles. The summed E-state index contributed by atoms with van der Waals surface area (Å²) in [6, 6.07) is 7.26. The van der Waals surface area contributed by atoms with Gasteiger partial charge in [-0.3, -0.25) is 4.79 Å². The van der Waals surface area contributed by atoms with E-state index in [0.29, 0.717) is 6.07 Å².